The van der Waals surface area contributed by atoms with E-state index in [-0.39, 0.29) is 0 Å². The molecule has 0 aliphatic carbocycles. The molecule has 1 fully saturated rings. The average molecular weight is 214 g/mol. The first kappa shape index (κ1) is 12.9. The highest BCUT2D eigenvalue weighted by Crippen LogP contribution is 2.19. The van der Waals surface area contributed by atoms with Gasteiger partial charge in [-0.15, -0.1) is 0 Å². The molecule has 0 aromatic heterocycles. The van der Waals surface area contributed by atoms with Gasteiger partial charge in [0.15, 0.2) is 0 Å². The maximum Gasteiger partial charge on any atom is 0.0462 e. The molecule has 3 nitrogen and oxygen atoms in total. The summed E-state index contributed by atoms with van der Waals surface area (Å²) in [5.74, 6) is 0.750. The Morgan fingerprint density at radius 1 is 1.33 bits per heavy atom. The van der Waals surface area contributed by atoms with E-state index >= 15 is 0 Å². The fourth-order valence-corrected chi connectivity index (χ4v) is 2.28. The molecule has 0 spiro atoms. The van der Waals surface area contributed by atoms with Crippen LogP contribution in [0, 0.1) is 5.92 Å². The maximum absolute atomic E-state index is 5.92. The van der Waals surface area contributed by atoms with E-state index in [1.54, 1.807) is 7.11 Å². The Kier molecular flexibility index (Phi) is 6.22. The van der Waals surface area contributed by atoms with E-state index in [0.717, 1.165) is 12.5 Å². The molecular weight excluding hydrogens is 188 g/mol. The normalized spacial score (nSPS) is 21.8. The average Bonchev–Trinajstić information content (AvgIpc) is 2.25. The fraction of sp³-hybridized carbons (Fsp3) is 1.00. The number of hydrogen-bond acceptors (Lipinski definition) is 3. The smallest absolute Gasteiger partial charge is 0.0462 e. The van der Waals surface area contributed by atoms with Crippen molar-refractivity contribution in [1.82, 2.24) is 4.90 Å². The number of rotatable bonds is 6. The zero-order valence-electron chi connectivity index (χ0n) is 10.2. The van der Waals surface area contributed by atoms with Gasteiger partial charge in [0.1, 0.15) is 0 Å². The van der Waals surface area contributed by atoms with Crippen molar-refractivity contribution in [2.24, 2.45) is 11.7 Å². The van der Waals surface area contributed by atoms with Crippen molar-refractivity contribution < 1.29 is 4.74 Å². The van der Waals surface area contributed by atoms with Crippen LogP contribution in [0.3, 0.4) is 0 Å². The van der Waals surface area contributed by atoms with E-state index in [0.29, 0.717) is 6.04 Å². The van der Waals surface area contributed by atoms with Crippen LogP contribution in [-0.2, 0) is 4.74 Å². The lowest BCUT2D eigenvalue weighted by Crippen LogP contribution is -2.40. The SMILES string of the molecule is COCCCCN1CCC(C(C)N)CC1. The zero-order valence-corrected chi connectivity index (χ0v) is 10.2. The molecule has 0 aromatic rings. The van der Waals surface area contributed by atoms with Gasteiger partial charge in [0.25, 0.3) is 0 Å². The lowest BCUT2D eigenvalue weighted by molar-refractivity contribution is 0.156. The highest BCUT2D eigenvalue weighted by molar-refractivity contribution is 4.77. The monoisotopic (exact) mass is 214 g/mol. The third-order valence-electron chi connectivity index (χ3n) is 3.45. The lowest BCUT2D eigenvalue weighted by atomic mass is 9.91. The first-order valence-electron chi connectivity index (χ1n) is 6.21. The molecule has 1 aliphatic heterocycles. The van der Waals surface area contributed by atoms with Gasteiger partial charge < -0.3 is 15.4 Å². The van der Waals surface area contributed by atoms with E-state index in [2.05, 4.69) is 11.8 Å². The zero-order chi connectivity index (χ0) is 11.1. The minimum atomic E-state index is 0.376. The van der Waals surface area contributed by atoms with Gasteiger partial charge in [-0.1, -0.05) is 0 Å². The molecule has 90 valence electrons. The molecule has 0 saturated carbocycles. The number of unbranched alkanes of at least 4 members (excludes halogenated alkanes) is 1. The highest BCUT2D eigenvalue weighted by atomic mass is 16.5. The summed E-state index contributed by atoms with van der Waals surface area (Å²) < 4.78 is 5.04. The Morgan fingerprint density at radius 3 is 2.53 bits per heavy atom. The molecule has 0 bridgehead atoms. The van der Waals surface area contributed by atoms with E-state index < -0.39 is 0 Å². The molecule has 15 heavy (non-hydrogen) atoms. The summed E-state index contributed by atoms with van der Waals surface area (Å²) in [6, 6.07) is 0.376. The number of ether oxygens (including phenoxy) is 1. The molecule has 1 rings (SSSR count). The third-order valence-corrected chi connectivity index (χ3v) is 3.45. The topological polar surface area (TPSA) is 38.5 Å². The summed E-state index contributed by atoms with van der Waals surface area (Å²) in [4.78, 5) is 2.56. The molecule has 1 heterocycles. The number of methoxy groups -OCH3 is 1. The fourth-order valence-electron chi connectivity index (χ4n) is 2.28. The Hall–Kier alpha value is -0.120. The van der Waals surface area contributed by atoms with Gasteiger partial charge in [-0.2, -0.15) is 0 Å². The lowest BCUT2D eigenvalue weighted by Gasteiger charge is -2.33. The van der Waals surface area contributed by atoms with Gasteiger partial charge in [0, 0.05) is 19.8 Å². The van der Waals surface area contributed by atoms with Crippen LogP contribution < -0.4 is 5.73 Å². The molecule has 0 amide bonds. The summed E-state index contributed by atoms with van der Waals surface area (Å²) in [6.45, 7) is 6.74. The molecule has 2 N–H and O–H groups in total. The highest BCUT2D eigenvalue weighted by Gasteiger charge is 2.21. The number of likely N-dealkylation sites (tertiary alicyclic amines) is 1. The van der Waals surface area contributed by atoms with E-state index in [9.17, 15) is 0 Å². The molecule has 0 radical (unpaired) electrons. The quantitative estimate of drug-likeness (QED) is 0.681. The molecular formula is C12H26N2O. The maximum atomic E-state index is 5.92. The van der Waals surface area contributed by atoms with Crippen LogP contribution in [0.25, 0.3) is 0 Å². The van der Waals surface area contributed by atoms with Crippen molar-refractivity contribution in [3.63, 3.8) is 0 Å². The van der Waals surface area contributed by atoms with Crippen LogP contribution in [0.1, 0.15) is 32.6 Å². The van der Waals surface area contributed by atoms with E-state index in [1.807, 2.05) is 0 Å². The van der Waals surface area contributed by atoms with Crippen molar-refractivity contribution in [2.45, 2.75) is 38.6 Å². The molecule has 1 atom stereocenters. The molecule has 3 heteroatoms. The molecule has 1 unspecified atom stereocenters. The summed E-state index contributed by atoms with van der Waals surface area (Å²) in [6.07, 6.45) is 5.00. The number of hydrogen-bond donors (Lipinski definition) is 1. The summed E-state index contributed by atoms with van der Waals surface area (Å²) in [7, 11) is 1.77. The van der Waals surface area contributed by atoms with Crippen LogP contribution in [-0.4, -0.2) is 44.3 Å². The Bertz CT molecular complexity index is 154. The van der Waals surface area contributed by atoms with Gasteiger partial charge in [-0.25, -0.2) is 0 Å². The first-order chi connectivity index (χ1) is 7.24. The van der Waals surface area contributed by atoms with E-state index in [4.69, 9.17) is 10.5 Å². The largest absolute Gasteiger partial charge is 0.385 e. The van der Waals surface area contributed by atoms with Crippen molar-refractivity contribution >= 4 is 0 Å². The third kappa shape index (κ3) is 4.96. The summed E-state index contributed by atoms with van der Waals surface area (Å²) in [5.41, 5.74) is 5.92. The van der Waals surface area contributed by atoms with Crippen molar-refractivity contribution in [2.75, 3.05) is 33.4 Å². The van der Waals surface area contributed by atoms with Gasteiger partial charge in [-0.3, -0.25) is 0 Å². The second kappa shape index (κ2) is 7.20. The second-order valence-electron chi connectivity index (χ2n) is 4.74. The van der Waals surface area contributed by atoms with Gasteiger partial charge in [0.05, 0.1) is 0 Å². The van der Waals surface area contributed by atoms with Crippen molar-refractivity contribution in [3.05, 3.63) is 0 Å². The van der Waals surface area contributed by atoms with Crippen molar-refractivity contribution in [1.29, 1.82) is 0 Å². The number of nitrogens with two attached hydrogens (primary N) is 1. The first-order valence-corrected chi connectivity index (χ1v) is 6.21. The van der Waals surface area contributed by atoms with Gasteiger partial charge in [-0.05, 0) is 58.2 Å². The number of piperidine rings is 1. The predicted octanol–water partition coefficient (Wildman–Crippen LogP) is 1.47. The standard InChI is InChI=1S/C12H26N2O/c1-11(13)12-5-8-14(9-6-12)7-3-4-10-15-2/h11-12H,3-10,13H2,1-2H3. The Labute approximate surface area is 94.0 Å². The second-order valence-corrected chi connectivity index (χ2v) is 4.74. The predicted molar refractivity (Wildman–Crippen MR) is 63.9 cm³/mol. The summed E-state index contributed by atoms with van der Waals surface area (Å²) in [5, 5.41) is 0. The van der Waals surface area contributed by atoms with Gasteiger partial charge in [0.2, 0.25) is 0 Å². The summed E-state index contributed by atoms with van der Waals surface area (Å²) >= 11 is 0. The van der Waals surface area contributed by atoms with Crippen LogP contribution in [0.2, 0.25) is 0 Å². The Morgan fingerprint density at radius 2 is 2.00 bits per heavy atom. The van der Waals surface area contributed by atoms with Crippen LogP contribution in [0.4, 0.5) is 0 Å². The van der Waals surface area contributed by atoms with E-state index in [1.165, 1.54) is 45.3 Å². The minimum Gasteiger partial charge on any atom is -0.385 e. The van der Waals surface area contributed by atoms with Gasteiger partial charge >= 0.3 is 0 Å². The molecule has 0 aromatic carbocycles. The molecule has 1 saturated heterocycles. The van der Waals surface area contributed by atoms with Crippen LogP contribution in [0.15, 0.2) is 0 Å². The Balaban J connectivity index is 2.04. The van der Waals surface area contributed by atoms with Crippen molar-refractivity contribution in [3.8, 4) is 0 Å². The van der Waals surface area contributed by atoms with Crippen LogP contribution >= 0.6 is 0 Å². The van der Waals surface area contributed by atoms with Crippen LogP contribution in [0.5, 0.6) is 0 Å². The molecule has 1 aliphatic rings. The minimum absolute atomic E-state index is 0.376. The number of nitrogens with zero attached hydrogens (tertiary/aromatic N) is 1.